The summed E-state index contributed by atoms with van der Waals surface area (Å²) in [5.41, 5.74) is 0.955. The van der Waals surface area contributed by atoms with Crippen molar-refractivity contribution < 1.29 is 23.7 Å². The molecular weight excluding hydrogens is 286 g/mol. The molecule has 0 radical (unpaired) electrons. The van der Waals surface area contributed by atoms with Crippen LogP contribution < -0.4 is 5.32 Å². The van der Waals surface area contributed by atoms with Crippen LogP contribution >= 0.6 is 0 Å². The standard InChI is InChI=1S/C16H21NO5/c1-10(18)17-12-8-14(19-2)21-13-9-20-16(22-15(12)13)11-6-4-3-5-7-11/h3-7,12-16H,8-9H2,1-2H3,(H,17,18)/t12-,13+,14-,15+,16-/m0/s1. The number of amides is 1. The first-order chi connectivity index (χ1) is 10.7. The lowest BCUT2D eigenvalue weighted by molar-refractivity contribution is -0.319. The number of ether oxygens (including phenoxy) is 4. The van der Waals surface area contributed by atoms with E-state index in [2.05, 4.69) is 5.32 Å². The molecule has 1 aromatic rings. The molecule has 0 aromatic heterocycles. The molecule has 3 rings (SSSR count). The zero-order valence-corrected chi connectivity index (χ0v) is 12.7. The predicted molar refractivity (Wildman–Crippen MR) is 77.9 cm³/mol. The van der Waals surface area contributed by atoms with E-state index in [1.807, 2.05) is 30.3 Å². The van der Waals surface area contributed by atoms with Crippen LogP contribution in [0.1, 0.15) is 25.2 Å². The molecule has 120 valence electrons. The van der Waals surface area contributed by atoms with Crippen molar-refractivity contribution in [2.45, 2.75) is 44.2 Å². The van der Waals surface area contributed by atoms with E-state index in [1.165, 1.54) is 6.92 Å². The molecule has 6 nitrogen and oxygen atoms in total. The van der Waals surface area contributed by atoms with Gasteiger partial charge in [-0.1, -0.05) is 30.3 Å². The van der Waals surface area contributed by atoms with Crippen LogP contribution in [0.2, 0.25) is 0 Å². The van der Waals surface area contributed by atoms with E-state index in [-0.39, 0.29) is 30.4 Å². The number of hydrogen-bond donors (Lipinski definition) is 1. The van der Waals surface area contributed by atoms with E-state index >= 15 is 0 Å². The summed E-state index contributed by atoms with van der Waals surface area (Å²) in [5, 5.41) is 2.94. The molecule has 0 unspecified atom stereocenters. The van der Waals surface area contributed by atoms with Gasteiger partial charge in [0, 0.05) is 26.0 Å². The van der Waals surface area contributed by atoms with Crippen LogP contribution in [0.15, 0.2) is 30.3 Å². The van der Waals surface area contributed by atoms with Crippen LogP contribution in [0.5, 0.6) is 0 Å². The van der Waals surface area contributed by atoms with Gasteiger partial charge in [-0.25, -0.2) is 0 Å². The van der Waals surface area contributed by atoms with Gasteiger partial charge in [-0.05, 0) is 0 Å². The highest BCUT2D eigenvalue weighted by Crippen LogP contribution is 2.33. The third kappa shape index (κ3) is 3.30. The van der Waals surface area contributed by atoms with Gasteiger partial charge in [-0.2, -0.15) is 0 Å². The number of rotatable bonds is 3. The minimum absolute atomic E-state index is 0.0909. The van der Waals surface area contributed by atoms with Crippen LogP contribution in [0, 0.1) is 0 Å². The van der Waals surface area contributed by atoms with E-state index in [4.69, 9.17) is 18.9 Å². The van der Waals surface area contributed by atoms with Crippen molar-refractivity contribution in [2.75, 3.05) is 13.7 Å². The highest BCUT2D eigenvalue weighted by molar-refractivity contribution is 5.73. The van der Waals surface area contributed by atoms with E-state index in [0.29, 0.717) is 13.0 Å². The van der Waals surface area contributed by atoms with Crippen LogP contribution in [-0.2, 0) is 23.7 Å². The molecule has 2 aliphatic rings. The number of carbonyl (C=O) groups excluding carboxylic acids is 1. The van der Waals surface area contributed by atoms with Gasteiger partial charge in [0.25, 0.3) is 0 Å². The van der Waals surface area contributed by atoms with Crippen molar-refractivity contribution in [3.63, 3.8) is 0 Å². The number of methoxy groups -OCH3 is 1. The summed E-state index contributed by atoms with van der Waals surface area (Å²) in [5.74, 6) is -0.0909. The van der Waals surface area contributed by atoms with Crippen LogP contribution in [0.4, 0.5) is 0 Å². The highest BCUT2D eigenvalue weighted by Gasteiger charge is 2.44. The lowest BCUT2D eigenvalue weighted by Gasteiger charge is -2.45. The summed E-state index contributed by atoms with van der Waals surface area (Å²) < 4.78 is 22.9. The molecule has 6 heteroatoms. The first kappa shape index (κ1) is 15.4. The molecule has 1 amide bonds. The molecule has 0 aliphatic carbocycles. The van der Waals surface area contributed by atoms with Crippen LogP contribution in [-0.4, -0.2) is 44.2 Å². The Balaban J connectivity index is 1.75. The van der Waals surface area contributed by atoms with Crippen molar-refractivity contribution in [3.8, 4) is 0 Å². The van der Waals surface area contributed by atoms with E-state index in [0.717, 1.165) is 5.56 Å². The molecule has 0 saturated carbocycles. The summed E-state index contributed by atoms with van der Waals surface area (Å²) in [4.78, 5) is 11.5. The average molecular weight is 307 g/mol. The molecule has 2 saturated heterocycles. The Morgan fingerprint density at radius 2 is 2.05 bits per heavy atom. The molecule has 1 N–H and O–H groups in total. The number of fused-ring (bicyclic) bond motifs is 1. The van der Waals surface area contributed by atoms with Gasteiger partial charge >= 0.3 is 0 Å². The second-order valence-electron chi connectivity index (χ2n) is 5.56. The van der Waals surface area contributed by atoms with Crippen molar-refractivity contribution in [2.24, 2.45) is 0 Å². The second kappa shape index (κ2) is 6.75. The van der Waals surface area contributed by atoms with Gasteiger partial charge in [0.15, 0.2) is 12.6 Å². The maximum atomic E-state index is 11.5. The van der Waals surface area contributed by atoms with Crippen molar-refractivity contribution in [3.05, 3.63) is 35.9 Å². The maximum absolute atomic E-state index is 11.5. The lowest BCUT2D eigenvalue weighted by Crippen LogP contribution is -2.60. The molecule has 5 atom stereocenters. The minimum Gasteiger partial charge on any atom is -0.356 e. The first-order valence-electron chi connectivity index (χ1n) is 7.44. The fraction of sp³-hybridized carbons (Fsp3) is 0.562. The fourth-order valence-electron chi connectivity index (χ4n) is 2.95. The summed E-state index contributed by atoms with van der Waals surface area (Å²) in [6.45, 7) is 1.90. The van der Waals surface area contributed by atoms with Crippen LogP contribution in [0.25, 0.3) is 0 Å². The van der Waals surface area contributed by atoms with Crippen LogP contribution in [0.3, 0.4) is 0 Å². The molecule has 2 heterocycles. The van der Waals surface area contributed by atoms with Crippen molar-refractivity contribution in [1.82, 2.24) is 5.32 Å². The van der Waals surface area contributed by atoms with Gasteiger partial charge in [0.05, 0.1) is 12.6 Å². The molecular formula is C16H21NO5. The third-order valence-electron chi connectivity index (χ3n) is 3.95. The smallest absolute Gasteiger partial charge is 0.217 e. The van der Waals surface area contributed by atoms with Gasteiger partial charge in [0.2, 0.25) is 5.91 Å². The molecule has 22 heavy (non-hydrogen) atoms. The largest absolute Gasteiger partial charge is 0.356 e. The number of carbonyl (C=O) groups is 1. The highest BCUT2D eigenvalue weighted by atomic mass is 16.7. The quantitative estimate of drug-likeness (QED) is 0.913. The van der Waals surface area contributed by atoms with E-state index in [1.54, 1.807) is 7.11 Å². The first-order valence-corrected chi connectivity index (χ1v) is 7.44. The van der Waals surface area contributed by atoms with Gasteiger partial charge in [-0.3, -0.25) is 4.79 Å². The Hall–Kier alpha value is -1.47. The zero-order chi connectivity index (χ0) is 15.5. The molecule has 0 bridgehead atoms. The molecule has 2 aliphatic heterocycles. The summed E-state index contributed by atoms with van der Waals surface area (Å²) in [6.07, 6.45) is -0.761. The van der Waals surface area contributed by atoms with Gasteiger partial charge < -0.3 is 24.3 Å². The van der Waals surface area contributed by atoms with Crippen molar-refractivity contribution in [1.29, 1.82) is 0 Å². The Kier molecular flexibility index (Phi) is 4.73. The second-order valence-corrected chi connectivity index (χ2v) is 5.56. The Labute approximate surface area is 129 Å². The SMILES string of the molecule is CO[C@@H]1C[C@H](NC(C)=O)[C@H]2O[C@@H](c3ccccc3)OC[C@H]2O1. The van der Waals surface area contributed by atoms with E-state index < -0.39 is 6.29 Å². The summed E-state index contributed by atoms with van der Waals surface area (Å²) in [7, 11) is 1.59. The Morgan fingerprint density at radius 1 is 1.27 bits per heavy atom. The number of benzene rings is 1. The number of nitrogens with one attached hydrogen (secondary N) is 1. The Bertz CT molecular complexity index is 509. The van der Waals surface area contributed by atoms with Crippen molar-refractivity contribution >= 4 is 5.91 Å². The molecule has 2 fully saturated rings. The monoisotopic (exact) mass is 307 g/mol. The Morgan fingerprint density at radius 3 is 2.73 bits per heavy atom. The van der Waals surface area contributed by atoms with Gasteiger partial charge in [0.1, 0.15) is 12.2 Å². The molecule has 1 aromatic carbocycles. The molecule has 0 spiro atoms. The number of hydrogen-bond acceptors (Lipinski definition) is 5. The summed E-state index contributed by atoms with van der Waals surface area (Å²) in [6, 6.07) is 9.59. The predicted octanol–water partition coefficient (Wildman–Crippen LogP) is 1.37. The minimum atomic E-state index is -0.443. The fourth-order valence-corrected chi connectivity index (χ4v) is 2.95. The van der Waals surface area contributed by atoms with E-state index in [9.17, 15) is 4.79 Å². The normalized spacial score (nSPS) is 34.7. The van der Waals surface area contributed by atoms with Gasteiger partial charge in [-0.15, -0.1) is 0 Å². The topological polar surface area (TPSA) is 66.0 Å². The maximum Gasteiger partial charge on any atom is 0.217 e. The zero-order valence-electron chi connectivity index (χ0n) is 12.7. The third-order valence-corrected chi connectivity index (χ3v) is 3.95. The average Bonchev–Trinajstić information content (AvgIpc) is 2.54. The summed E-state index contributed by atoms with van der Waals surface area (Å²) >= 11 is 0. The lowest BCUT2D eigenvalue weighted by atomic mass is 9.97.